The molecule has 1 aromatic rings. The fourth-order valence-electron chi connectivity index (χ4n) is 2.09. The molecule has 0 spiro atoms. The van der Waals surface area contributed by atoms with Gasteiger partial charge in [0.15, 0.2) is 0 Å². The van der Waals surface area contributed by atoms with Crippen LogP contribution in [0.4, 0.5) is 0 Å². The Morgan fingerprint density at radius 3 is 2.81 bits per heavy atom. The molecule has 0 unspecified atom stereocenters. The van der Waals surface area contributed by atoms with Gasteiger partial charge < -0.3 is 10.6 Å². The molecular weight excluding hydrogens is 280 g/mol. The van der Waals surface area contributed by atoms with Crippen molar-refractivity contribution >= 4 is 17.2 Å². The maximum Gasteiger partial charge on any atom is 0.222 e. The average molecular weight is 306 g/mol. The van der Waals surface area contributed by atoms with Crippen LogP contribution < -0.4 is 5.73 Å². The Morgan fingerprint density at radius 1 is 1.33 bits per heavy atom. The van der Waals surface area contributed by atoms with E-state index in [1.165, 1.54) is 19.3 Å². The molecule has 0 aliphatic rings. The van der Waals surface area contributed by atoms with Crippen molar-refractivity contribution in [3.05, 3.63) is 21.9 Å². The summed E-state index contributed by atoms with van der Waals surface area (Å²) < 4.78 is 0. The predicted molar refractivity (Wildman–Crippen MR) is 90.1 cm³/mol. The van der Waals surface area contributed by atoms with Crippen LogP contribution >= 0.6 is 11.3 Å². The molecule has 0 saturated heterocycles. The maximum atomic E-state index is 12.0. The largest absolute Gasteiger partial charge is 0.341 e. The van der Waals surface area contributed by atoms with E-state index in [4.69, 9.17) is 5.73 Å². The number of amides is 1. The minimum absolute atomic E-state index is 0.229. The first kappa shape index (κ1) is 17.7. The van der Waals surface area contributed by atoms with Gasteiger partial charge in [0, 0.05) is 20.0 Å². The number of hydrogen-bond donors (Lipinski definition) is 1. The second-order valence-corrected chi connectivity index (χ2v) is 6.15. The van der Waals surface area contributed by atoms with Crippen molar-refractivity contribution in [1.29, 1.82) is 0 Å². The summed E-state index contributed by atoms with van der Waals surface area (Å²) in [6.45, 7) is 3.24. The molecule has 1 aromatic heterocycles. The van der Waals surface area contributed by atoms with Gasteiger partial charge in [-0.25, -0.2) is 0 Å². The van der Waals surface area contributed by atoms with E-state index in [0.717, 1.165) is 23.3 Å². The van der Waals surface area contributed by atoms with Gasteiger partial charge >= 0.3 is 0 Å². The van der Waals surface area contributed by atoms with E-state index in [1.807, 2.05) is 18.0 Å². The van der Waals surface area contributed by atoms with E-state index in [-0.39, 0.29) is 5.91 Å². The van der Waals surface area contributed by atoms with Gasteiger partial charge in [-0.05, 0) is 23.4 Å². The van der Waals surface area contributed by atoms with Crippen LogP contribution in [0.2, 0.25) is 0 Å². The normalized spacial score (nSPS) is 10.0. The zero-order valence-electron chi connectivity index (χ0n) is 13.2. The number of nitrogens with two attached hydrogens (primary N) is 1. The summed E-state index contributed by atoms with van der Waals surface area (Å²) in [4.78, 5) is 14.9. The summed E-state index contributed by atoms with van der Waals surface area (Å²) in [5.74, 6) is 6.10. The lowest BCUT2D eigenvalue weighted by atomic mass is 10.1. The lowest BCUT2D eigenvalue weighted by Crippen LogP contribution is -2.25. The molecule has 3 nitrogen and oxygen atoms in total. The van der Waals surface area contributed by atoms with Crippen molar-refractivity contribution < 1.29 is 4.79 Å². The van der Waals surface area contributed by atoms with Gasteiger partial charge in [0.1, 0.15) is 0 Å². The molecule has 21 heavy (non-hydrogen) atoms. The smallest absolute Gasteiger partial charge is 0.222 e. The van der Waals surface area contributed by atoms with Crippen molar-refractivity contribution in [2.45, 2.75) is 52.0 Å². The molecule has 1 amide bonds. The predicted octanol–water partition coefficient (Wildman–Crippen LogP) is 3.38. The lowest BCUT2D eigenvalue weighted by molar-refractivity contribution is -0.130. The van der Waals surface area contributed by atoms with Gasteiger partial charge in [0.05, 0.1) is 11.4 Å². The minimum atomic E-state index is 0.229. The fourth-order valence-corrected chi connectivity index (χ4v) is 2.87. The number of rotatable bonds is 8. The number of hydrogen-bond acceptors (Lipinski definition) is 3. The second kappa shape index (κ2) is 10.4. The van der Waals surface area contributed by atoms with Crippen LogP contribution in [0.3, 0.4) is 0 Å². The van der Waals surface area contributed by atoms with Crippen molar-refractivity contribution in [2.75, 3.05) is 13.6 Å². The SMILES string of the molecule is CCCCCCCC(=O)N(C)Cc1csc(C#CCN)c1. The summed E-state index contributed by atoms with van der Waals surface area (Å²) in [7, 11) is 1.87. The Labute approximate surface area is 132 Å². The van der Waals surface area contributed by atoms with E-state index in [0.29, 0.717) is 19.5 Å². The van der Waals surface area contributed by atoms with E-state index in [9.17, 15) is 4.79 Å². The average Bonchev–Trinajstić information content (AvgIpc) is 2.92. The molecule has 1 rings (SSSR count). The number of unbranched alkanes of at least 4 members (excludes halogenated alkanes) is 4. The zero-order valence-corrected chi connectivity index (χ0v) is 14.0. The standard InChI is InChI=1S/C17H26N2OS/c1-3-4-5-6-7-10-17(20)19(2)13-15-12-16(21-14-15)9-8-11-18/h12,14H,3-7,10-11,13,18H2,1-2H3. The molecule has 2 N–H and O–H groups in total. The van der Waals surface area contributed by atoms with E-state index >= 15 is 0 Å². The Hall–Kier alpha value is -1.31. The highest BCUT2D eigenvalue weighted by Crippen LogP contribution is 2.16. The van der Waals surface area contributed by atoms with Crippen LogP contribution in [0.15, 0.2) is 11.4 Å². The molecule has 4 heteroatoms. The summed E-state index contributed by atoms with van der Waals surface area (Å²) in [5, 5.41) is 2.06. The first-order valence-corrected chi connectivity index (χ1v) is 8.55. The quantitative estimate of drug-likeness (QED) is 0.591. The maximum absolute atomic E-state index is 12.0. The van der Waals surface area contributed by atoms with Gasteiger partial charge in [-0.15, -0.1) is 11.3 Å². The number of thiophene rings is 1. The topological polar surface area (TPSA) is 46.3 Å². The third-order valence-corrected chi connectivity index (χ3v) is 4.20. The Kier molecular flexibility index (Phi) is 8.80. The van der Waals surface area contributed by atoms with Crippen LogP contribution in [0.25, 0.3) is 0 Å². The molecule has 0 aromatic carbocycles. The van der Waals surface area contributed by atoms with Gasteiger partial charge in [-0.3, -0.25) is 4.79 Å². The van der Waals surface area contributed by atoms with Crippen LogP contribution in [0, 0.1) is 11.8 Å². The summed E-state index contributed by atoms with van der Waals surface area (Å²) in [6, 6.07) is 2.04. The third-order valence-electron chi connectivity index (χ3n) is 3.31. The van der Waals surface area contributed by atoms with E-state index in [2.05, 4.69) is 24.1 Å². The molecule has 0 radical (unpaired) electrons. The van der Waals surface area contributed by atoms with Gasteiger partial charge in [0.2, 0.25) is 5.91 Å². The summed E-state index contributed by atoms with van der Waals surface area (Å²) >= 11 is 1.60. The number of nitrogens with zero attached hydrogens (tertiary/aromatic N) is 1. The van der Waals surface area contributed by atoms with Gasteiger partial charge in [-0.2, -0.15) is 0 Å². The Bertz CT molecular complexity index is 484. The molecule has 0 bridgehead atoms. The van der Waals surface area contributed by atoms with Crippen molar-refractivity contribution in [2.24, 2.45) is 5.73 Å². The first-order valence-electron chi connectivity index (χ1n) is 7.67. The Balaban J connectivity index is 2.33. The molecular formula is C17H26N2OS. The van der Waals surface area contributed by atoms with Gasteiger partial charge in [0.25, 0.3) is 0 Å². The molecule has 0 saturated carbocycles. The van der Waals surface area contributed by atoms with E-state index in [1.54, 1.807) is 11.3 Å². The zero-order chi connectivity index (χ0) is 15.5. The van der Waals surface area contributed by atoms with Crippen LogP contribution in [-0.4, -0.2) is 24.4 Å². The summed E-state index contributed by atoms with van der Waals surface area (Å²) in [6.07, 6.45) is 6.56. The molecule has 0 atom stereocenters. The fraction of sp³-hybridized carbons (Fsp3) is 0.588. The highest BCUT2D eigenvalue weighted by Gasteiger charge is 2.09. The summed E-state index contributed by atoms with van der Waals surface area (Å²) in [5.41, 5.74) is 6.50. The van der Waals surface area contributed by atoms with Crippen LogP contribution in [0.5, 0.6) is 0 Å². The monoisotopic (exact) mass is 306 g/mol. The van der Waals surface area contributed by atoms with E-state index < -0.39 is 0 Å². The van der Waals surface area contributed by atoms with Gasteiger partial charge in [-0.1, -0.05) is 44.4 Å². The Morgan fingerprint density at radius 2 is 2.10 bits per heavy atom. The third kappa shape index (κ3) is 7.31. The van der Waals surface area contributed by atoms with Crippen molar-refractivity contribution in [1.82, 2.24) is 4.90 Å². The number of carbonyl (C=O) groups excluding carboxylic acids is 1. The van der Waals surface area contributed by atoms with Crippen molar-refractivity contribution in [3.63, 3.8) is 0 Å². The molecule has 0 fully saturated rings. The lowest BCUT2D eigenvalue weighted by Gasteiger charge is -2.16. The second-order valence-electron chi connectivity index (χ2n) is 5.24. The number of carbonyl (C=O) groups is 1. The molecule has 116 valence electrons. The van der Waals surface area contributed by atoms with Crippen LogP contribution in [0.1, 0.15) is 55.9 Å². The molecule has 1 heterocycles. The first-order chi connectivity index (χ1) is 10.2. The minimum Gasteiger partial charge on any atom is -0.341 e. The van der Waals surface area contributed by atoms with Crippen molar-refractivity contribution in [3.8, 4) is 11.8 Å². The highest BCUT2D eigenvalue weighted by molar-refractivity contribution is 7.10. The highest BCUT2D eigenvalue weighted by atomic mass is 32.1. The van der Waals surface area contributed by atoms with Crippen LogP contribution in [-0.2, 0) is 11.3 Å². The molecule has 0 aliphatic heterocycles. The molecule has 0 aliphatic carbocycles.